The van der Waals surface area contributed by atoms with E-state index < -0.39 is 11.3 Å². The summed E-state index contributed by atoms with van der Waals surface area (Å²) in [5.74, 6) is 0.0845. The lowest BCUT2D eigenvalue weighted by Gasteiger charge is -2.55. The van der Waals surface area contributed by atoms with E-state index in [1.165, 1.54) is 0 Å². The van der Waals surface area contributed by atoms with E-state index in [2.05, 4.69) is 23.3 Å². The summed E-state index contributed by atoms with van der Waals surface area (Å²) in [7, 11) is 3.75. The van der Waals surface area contributed by atoms with Gasteiger partial charge in [0.1, 0.15) is 11.1 Å². The Hall–Kier alpha value is -2.22. The summed E-state index contributed by atoms with van der Waals surface area (Å²) in [6.45, 7) is 2.18. The number of nitrogens with zero attached hydrogens (tertiary/aromatic N) is 1. The fourth-order valence-electron chi connectivity index (χ4n) is 7.35. The molecule has 190 valence electrons. The monoisotopic (exact) mass is 483 g/mol. The molecule has 5 N–H and O–H groups in total. The molecule has 0 bridgehead atoms. The van der Waals surface area contributed by atoms with Gasteiger partial charge in [-0.1, -0.05) is 24.6 Å². The Morgan fingerprint density at radius 1 is 1.17 bits per heavy atom. The third-order valence-electron chi connectivity index (χ3n) is 9.09. The van der Waals surface area contributed by atoms with Gasteiger partial charge in [0.05, 0.1) is 6.10 Å². The third kappa shape index (κ3) is 3.83. The predicted octanol–water partition coefficient (Wildman–Crippen LogP) is 4.77. The number of aliphatic hydroxyl groups is 2. The van der Waals surface area contributed by atoms with Crippen molar-refractivity contribution >= 4 is 22.7 Å². The second kappa shape index (κ2) is 8.71. The van der Waals surface area contributed by atoms with Crippen molar-refractivity contribution in [2.75, 3.05) is 19.8 Å². The molecule has 0 spiro atoms. The molecule has 7 heteroatoms. The van der Waals surface area contributed by atoms with Crippen LogP contribution in [0.5, 0.6) is 0 Å². The SMILES string of the molecule is CC12CCC3(F)C=C4CC(O)CCC4CC[C@]3(O)C1CC=C2c1ccc2nc(N)oc2c1.CNC. The molecule has 0 radical (unpaired) electrons. The minimum atomic E-state index is -1.75. The van der Waals surface area contributed by atoms with Gasteiger partial charge in [0.2, 0.25) is 0 Å². The van der Waals surface area contributed by atoms with E-state index in [9.17, 15) is 10.2 Å². The number of alkyl halides is 1. The standard InChI is InChI=1S/C26H31FN2O3.C2H7N/c1-24-10-11-25(27)14-17-12-18(30)4-2-15(17)8-9-26(25,31)22(24)7-5-19(24)16-3-6-20-21(13-16)32-23(28)29-20;1-3-2/h3,5-6,13-15,18,22,30-31H,2,4,7-12H2,1H3,(H2,28,29);3H,1-2H3/t15?,18?,22?,24?,25?,26-;/m0./s1. The number of fused-ring (bicyclic) bond motifs is 5. The molecule has 35 heavy (non-hydrogen) atoms. The summed E-state index contributed by atoms with van der Waals surface area (Å²) in [6, 6.07) is 6.04. The molecule has 0 saturated heterocycles. The fraction of sp³-hybridized carbons (Fsp3) is 0.607. The topological polar surface area (TPSA) is 105 Å². The Kier molecular flexibility index (Phi) is 6.09. The number of aliphatic hydroxyl groups excluding tert-OH is 1. The van der Waals surface area contributed by atoms with E-state index in [0.717, 1.165) is 41.5 Å². The van der Waals surface area contributed by atoms with Crippen molar-refractivity contribution in [3.8, 4) is 0 Å². The van der Waals surface area contributed by atoms with Crippen molar-refractivity contribution < 1.29 is 19.0 Å². The number of allylic oxidation sites excluding steroid dienone is 2. The van der Waals surface area contributed by atoms with E-state index in [4.69, 9.17) is 10.2 Å². The lowest BCUT2D eigenvalue weighted by atomic mass is 9.53. The zero-order chi connectivity index (χ0) is 25.0. The second-order valence-corrected chi connectivity index (χ2v) is 11.2. The van der Waals surface area contributed by atoms with Crippen LogP contribution < -0.4 is 11.1 Å². The van der Waals surface area contributed by atoms with E-state index in [-0.39, 0.29) is 35.8 Å². The molecule has 0 amide bonds. The van der Waals surface area contributed by atoms with Crippen LogP contribution in [-0.2, 0) is 0 Å². The second-order valence-electron chi connectivity index (χ2n) is 11.2. The van der Waals surface area contributed by atoms with Crippen LogP contribution >= 0.6 is 0 Å². The number of nitrogens with one attached hydrogen (secondary N) is 1. The average Bonchev–Trinajstić information content (AvgIpc) is 3.32. The van der Waals surface area contributed by atoms with Crippen molar-refractivity contribution in [2.24, 2.45) is 17.3 Å². The number of hydrogen-bond donors (Lipinski definition) is 4. The molecular weight excluding hydrogens is 445 g/mol. The zero-order valence-electron chi connectivity index (χ0n) is 21.0. The molecule has 1 heterocycles. The van der Waals surface area contributed by atoms with Crippen molar-refractivity contribution in [2.45, 2.75) is 75.7 Å². The Morgan fingerprint density at radius 3 is 2.71 bits per heavy atom. The van der Waals surface area contributed by atoms with Crippen LogP contribution in [0.4, 0.5) is 10.4 Å². The van der Waals surface area contributed by atoms with Crippen LogP contribution in [0.2, 0.25) is 0 Å². The van der Waals surface area contributed by atoms with Crippen LogP contribution in [0.15, 0.2) is 40.3 Å². The fourth-order valence-corrected chi connectivity index (χ4v) is 7.35. The summed E-state index contributed by atoms with van der Waals surface area (Å²) >= 11 is 0. The van der Waals surface area contributed by atoms with Crippen molar-refractivity contribution in [1.29, 1.82) is 0 Å². The Bertz CT molecular complexity index is 1180. The first-order valence-corrected chi connectivity index (χ1v) is 12.9. The Balaban J connectivity index is 0.000000806. The smallest absolute Gasteiger partial charge is 0.292 e. The molecule has 5 unspecified atom stereocenters. The molecule has 2 saturated carbocycles. The first kappa shape index (κ1) is 24.5. The molecule has 4 aliphatic carbocycles. The number of oxazole rings is 1. The molecular formula is C28H38FN3O3. The van der Waals surface area contributed by atoms with Crippen molar-refractivity contribution in [1.82, 2.24) is 10.3 Å². The van der Waals surface area contributed by atoms with Gasteiger partial charge in [-0.25, -0.2) is 4.39 Å². The van der Waals surface area contributed by atoms with Gasteiger partial charge in [0.25, 0.3) is 6.01 Å². The summed E-state index contributed by atoms with van der Waals surface area (Å²) in [5.41, 5.74) is 6.80. The predicted molar refractivity (Wildman–Crippen MR) is 136 cm³/mol. The highest BCUT2D eigenvalue weighted by molar-refractivity contribution is 5.82. The normalized spacial score (nSPS) is 38.3. The summed E-state index contributed by atoms with van der Waals surface area (Å²) < 4.78 is 22.2. The lowest BCUT2D eigenvalue weighted by molar-refractivity contribution is -0.172. The first-order chi connectivity index (χ1) is 16.6. The molecule has 1 aromatic carbocycles. The Morgan fingerprint density at radius 2 is 1.94 bits per heavy atom. The van der Waals surface area contributed by atoms with E-state index in [0.29, 0.717) is 31.3 Å². The Labute approximate surface area is 206 Å². The van der Waals surface area contributed by atoms with Gasteiger partial charge < -0.3 is 25.7 Å². The summed E-state index contributed by atoms with van der Waals surface area (Å²) in [6.07, 6.45) is 8.56. The highest BCUT2D eigenvalue weighted by Crippen LogP contribution is 2.65. The lowest BCUT2D eigenvalue weighted by Crippen LogP contribution is -2.61. The van der Waals surface area contributed by atoms with Crippen LogP contribution in [0.3, 0.4) is 0 Å². The highest BCUT2D eigenvalue weighted by Gasteiger charge is 2.65. The molecule has 0 aliphatic heterocycles. The van der Waals surface area contributed by atoms with E-state index >= 15 is 4.39 Å². The molecule has 4 aliphatic rings. The first-order valence-electron chi connectivity index (χ1n) is 12.9. The number of aromatic nitrogens is 1. The number of anilines is 1. The number of halogens is 1. The number of rotatable bonds is 1. The number of hydrogen-bond acceptors (Lipinski definition) is 6. The third-order valence-corrected chi connectivity index (χ3v) is 9.09. The average molecular weight is 484 g/mol. The van der Waals surface area contributed by atoms with Crippen molar-refractivity contribution in [3.05, 3.63) is 41.5 Å². The van der Waals surface area contributed by atoms with Gasteiger partial charge in [0.15, 0.2) is 11.3 Å². The molecule has 6 nitrogen and oxygen atoms in total. The largest absolute Gasteiger partial charge is 0.424 e. The minimum absolute atomic E-state index is 0.147. The van der Waals surface area contributed by atoms with E-state index in [1.54, 1.807) is 6.08 Å². The number of benzene rings is 1. The maximum atomic E-state index is 16.6. The van der Waals surface area contributed by atoms with Gasteiger partial charge in [-0.15, -0.1) is 0 Å². The maximum absolute atomic E-state index is 16.6. The summed E-state index contributed by atoms with van der Waals surface area (Å²) in [5, 5.41) is 25.0. The maximum Gasteiger partial charge on any atom is 0.292 e. The number of nitrogen functional groups attached to an aromatic ring is 1. The van der Waals surface area contributed by atoms with Crippen LogP contribution in [0, 0.1) is 17.3 Å². The van der Waals surface area contributed by atoms with Crippen LogP contribution in [-0.4, -0.2) is 46.7 Å². The molecule has 6 rings (SSSR count). The molecule has 2 aromatic rings. The van der Waals surface area contributed by atoms with Crippen LogP contribution in [0.1, 0.15) is 63.9 Å². The molecule has 1 aromatic heterocycles. The van der Waals surface area contributed by atoms with Crippen LogP contribution in [0.25, 0.3) is 16.7 Å². The van der Waals surface area contributed by atoms with Gasteiger partial charge in [0, 0.05) is 5.92 Å². The van der Waals surface area contributed by atoms with Crippen molar-refractivity contribution in [3.63, 3.8) is 0 Å². The van der Waals surface area contributed by atoms with Gasteiger partial charge in [-0.2, -0.15) is 4.98 Å². The summed E-state index contributed by atoms with van der Waals surface area (Å²) in [4.78, 5) is 4.18. The highest BCUT2D eigenvalue weighted by atomic mass is 19.1. The van der Waals surface area contributed by atoms with Gasteiger partial charge in [-0.3, -0.25) is 0 Å². The molecule has 6 atom stereocenters. The minimum Gasteiger partial charge on any atom is -0.424 e. The zero-order valence-corrected chi connectivity index (χ0v) is 21.0. The number of nitrogens with two attached hydrogens (primary N) is 1. The molecule has 2 fully saturated rings. The quantitative estimate of drug-likeness (QED) is 0.436. The van der Waals surface area contributed by atoms with Gasteiger partial charge in [-0.05, 0) is 106 Å². The van der Waals surface area contributed by atoms with Gasteiger partial charge >= 0.3 is 0 Å². The van der Waals surface area contributed by atoms with E-state index in [1.807, 2.05) is 32.3 Å².